The van der Waals surface area contributed by atoms with Gasteiger partial charge in [-0.15, -0.1) is 0 Å². The molecule has 1 aliphatic rings. The number of nitrogens with one attached hydrogen (secondary N) is 1. The molecule has 1 aromatic rings. The standard InChI is InChI=1S/C11H17N3/c1-9-4-3-7-14(9)11-6-5-10(12-2)8-13-11/h5-6,8-9,12H,3-4,7H2,1-2H3/t9-/m1/s1. The van der Waals surface area contributed by atoms with Crippen LogP contribution < -0.4 is 10.2 Å². The molecule has 1 atom stereocenters. The summed E-state index contributed by atoms with van der Waals surface area (Å²) in [7, 11) is 1.91. The van der Waals surface area contributed by atoms with E-state index in [1.165, 1.54) is 12.8 Å². The fourth-order valence-corrected chi connectivity index (χ4v) is 1.98. The molecule has 0 saturated carbocycles. The fraction of sp³-hybridized carbons (Fsp3) is 0.545. The van der Waals surface area contributed by atoms with Crippen molar-refractivity contribution in [2.75, 3.05) is 23.8 Å². The summed E-state index contributed by atoms with van der Waals surface area (Å²) in [6, 6.07) is 4.81. The van der Waals surface area contributed by atoms with E-state index in [-0.39, 0.29) is 0 Å². The molecule has 3 nitrogen and oxygen atoms in total. The van der Waals surface area contributed by atoms with Crippen LogP contribution in [0.15, 0.2) is 18.3 Å². The second-order valence-corrected chi connectivity index (χ2v) is 3.84. The van der Waals surface area contributed by atoms with Crippen molar-refractivity contribution in [1.82, 2.24) is 4.98 Å². The Morgan fingerprint density at radius 1 is 1.50 bits per heavy atom. The van der Waals surface area contributed by atoms with Gasteiger partial charge < -0.3 is 10.2 Å². The van der Waals surface area contributed by atoms with Gasteiger partial charge in [0.25, 0.3) is 0 Å². The Kier molecular flexibility index (Phi) is 2.57. The van der Waals surface area contributed by atoms with Crippen molar-refractivity contribution in [2.45, 2.75) is 25.8 Å². The van der Waals surface area contributed by atoms with E-state index in [0.717, 1.165) is 18.1 Å². The third-order valence-corrected chi connectivity index (χ3v) is 2.88. The molecule has 0 bridgehead atoms. The molecule has 0 radical (unpaired) electrons. The minimum absolute atomic E-state index is 0.642. The molecule has 1 fully saturated rings. The predicted octanol–water partition coefficient (Wildman–Crippen LogP) is 2.11. The molecule has 14 heavy (non-hydrogen) atoms. The van der Waals surface area contributed by atoms with Crippen LogP contribution in [0.1, 0.15) is 19.8 Å². The third-order valence-electron chi connectivity index (χ3n) is 2.88. The van der Waals surface area contributed by atoms with Crippen LogP contribution in [0.4, 0.5) is 11.5 Å². The first-order valence-corrected chi connectivity index (χ1v) is 5.21. The molecular weight excluding hydrogens is 174 g/mol. The van der Waals surface area contributed by atoms with Crippen LogP contribution in [0.25, 0.3) is 0 Å². The number of nitrogens with zero attached hydrogens (tertiary/aromatic N) is 2. The molecule has 0 spiro atoms. The van der Waals surface area contributed by atoms with Gasteiger partial charge in [-0.05, 0) is 31.9 Å². The summed E-state index contributed by atoms with van der Waals surface area (Å²) >= 11 is 0. The van der Waals surface area contributed by atoms with Gasteiger partial charge in [-0.3, -0.25) is 0 Å². The lowest BCUT2D eigenvalue weighted by molar-refractivity contribution is 0.727. The van der Waals surface area contributed by atoms with Gasteiger partial charge in [0.05, 0.1) is 11.9 Å². The molecule has 2 heterocycles. The summed E-state index contributed by atoms with van der Waals surface area (Å²) in [5.74, 6) is 1.11. The average Bonchev–Trinajstić information content (AvgIpc) is 2.65. The molecule has 1 aliphatic heterocycles. The Bertz CT molecular complexity index is 294. The second kappa shape index (κ2) is 3.86. The van der Waals surface area contributed by atoms with Crippen LogP contribution in [0, 0.1) is 0 Å². The highest BCUT2D eigenvalue weighted by molar-refractivity contribution is 5.49. The molecule has 1 saturated heterocycles. The Morgan fingerprint density at radius 2 is 2.36 bits per heavy atom. The number of hydrogen-bond acceptors (Lipinski definition) is 3. The van der Waals surface area contributed by atoms with Gasteiger partial charge in [-0.2, -0.15) is 0 Å². The minimum Gasteiger partial charge on any atom is -0.387 e. The molecule has 0 unspecified atom stereocenters. The highest BCUT2D eigenvalue weighted by Crippen LogP contribution is 2.23. The van der Waals surface area contributed by atoms with Gasteiger partial charge in [-0.25, -0.2) is 4.98 Å². The summed E-state index contributed by atoms with van der Waals surface area (Å²) in [4.78, 5) is 6.82. The van der Waals surface area contributed by atoms with Gasteiger partial charge >= 0.3 is 0 Å². The van der Waals surface area contributed by atoms with E-state index in [2.05, 4.69) is 34.3 Å². The first-order valence-electron chi connectivity index (χ1n) is 5.21. The fourth-order valence-electron chi connectivity index (χ4n) is 1.98. The van der Waals surface area contributed by atoms with Gasteiger partial charge in [0.2, 0.25) is 0 Å². The zero-order valence-corrected chi connectivity index (χ0v) is 8.83. The topological polar surface area (TPSA) is 28.2 Å². The van der Waals surface area contributed by atoms with E-state index in [4.69, 9.17) is 0 Å². The smallest absolute Gasteiger partial charge is 0.128 e. The summed E-state index contributed by atoms with van der Waals surface area (Å²) in [6.45, 7) is 3.41. The maximum absolute atomic E-state index is 4.45. The minimum atomic E-state index is 0.642. The zero-order valence-electron chi connectivity index (χ0n) is 8.83. The Labute approximate surface area is 85.1 Å². The van der Waals surface area contributed by atoms with Crippen molar-refractivity contribution in [3.8, 4) is 0 Å². The van der Waals surface area contributed by atoms with Gasteiger partial charge in [0.1, 0.15) is 5.82 Å². The van der Waals surface area contributed by atoms with E-state index in [1.54, 1.807) is 0 Å². The maximum atomic E-state index is 4.45. The number of aromatic nitrogens is 1. The second-order valence-electron chi connectivity index (χ2n) is 3.84. The van der Waals surface area contributed by atoms with E-state index < -0.39 is 0 Å². The highest BCUT2D eigenvalue weighted by Gasteiger charge is 2.20. The van der Waals surface area contributed by atoms with Crippen LogP contribution >= 0.6 is 0 Å². The largest absolute Gasteiger partial charge is 0.387 e. The van der Waals surface area contributed by atoms with Crippen LogP contribution in [-0.4, -0.2) is 24.6 Å². The van der Waals surface area contributed by atoms with Crippen molar-refractivity contribution in [2.24, 2.45) is 0 Å². The van der Waals surface area contributed by atoms with Crippen molar-refractivity contribution >= 4 is 11.5 Å². The molecular formula is C11H17N3. The highest BCUT2D eigenvalue weighted by atomic mass is 15.2. The summed E-state index contributed by atoms with van der Waals surface area (Å²) in [6.07, 6.45) is 4.46. The summed E-state index contributed by atoms with van der Waals surface area (Å²) in [5.41, 5.74) is 1.07. The van der Waals surface area contributed by atoms with E-state index in [1.807, 2.05) is 13.2 Å². The summed E-state index contributed by atoms with van der Waals surface area (Å²) < 4.78 is 0. The molecule has 0 amide bonds. The molecule has 3 heteroatoms. The van der Waals surface area contributed by atoms with E-state index in [9.17, 15) is 0 Å². The van der Waals surface area contributed by atoms with Crippen LogP contribution in [0.2, 0.25) is 0 Å². The van der Waals surface area contributed by atoms with E-state index in [0.29, 0.717) is 6.04 Å². The van der Waals surface area contributed by atoms with Gasteiger partial charge in [0.15, 0.2) is 0 Å². The lowest BCUT2D eigenvalue weighted by Crippen LogP contribution is -2.26. The quantitative estimate of drug-likeness (QED) is 0.776. The van der Waals surface area contributed by atoms with Crippen molar-refractivity contribution in [1.29, 1.82) is 0 Å². The first-order chi connectivity index (χ1) is 6.81. The van der Waals surface area contributed by atoms with Gasteiger partial charge in [0, 0.05) is 19.6 Å². The van der Waals surface area contributed by atoms with Crippen LogP contribution in [-0.2, 0) is 0 Å². The number of anilines is 2. The lowest BCUT2D eigenvalue weighted by atomic mass is 10.2. The van der Waals surface area contributed by atoms with Crippen LogP contribution in [0.3, 0.4) is 0 Å². The average molecular weight is 191 g/mol. The van der Waals surface area contributed by atoms with Crippen molar-refractivity contribution < 1.29 is 0 Å². The Morgan fingerprint density at radius 3 is 2.86 bits per heavy atom. The normalized spacial score (nSPS) is 21.3. The van der Waals surface area contributed by atoms with Crippen molar-refractivity contribution in [3.05, 3.63) is 18.3 Å². The van der Waals surface area contributed by atoms with Gasteiger partial charge in [-0.1, -0.05) is 0 Å². The number of pyridine rings is 1. The van der Waals surface area contributed by atoms with E-state index >= 15 is 0 Å². The number of rotatable bonds is 2. The molecule has 0 aliphatic carbocycles. The predicted molar refractivity (Wildman–Crippen MR) is 59.8 cm³/mol. The lowest BCUT2D eigenvalue weighted by Gasteiger charge is -2.22. The first kappa shape index (κ1) is 9.31. The Balaban J connectivity index is 2.16. The molecule has 76 valence electrons. The number of hydrogen-bond donors (Lipinski definition) is 1. The SMILES string of the molecule is CNc1ccc(N2CCC[C@H]2C)nc1. The third kappa shape index (κ3) is 1.67. The monoisotopic (exact) mass is 191 g/mol. The molecule has 2 rings (SSSR count). The molecule has 0 aromatic carbocycles. The molecule has 1 N–H and O–H groups in total. The summed E-state index contributed by atoms with van der Waals surface area (Å²) in [5, 5.41) is 3.07. The maximum Gasteiger partial charge on any atom is 0.128 e. The Hall–Kier alpha value is -1.25. The zero-order chi connectivity index (χ0) is 9.97. The van der Waals surface area contributed by atoms with Crippen molar-refractivity contribution in [3.63, 3.8) is 0 Å². The van der Waals surface area contributed by atoms with Crippen LogP contribution in [0.5, 0.6) is 0 Å². The molecule has 1 aromatic heterocycles.